The van der Waals surface area contributed by atoms with Crippen LogP contribution in [0.4, 0.5) is 0 Å². The highest BCUT2D eigenvalue weighted by Crippen LogP contribution is 2.19. The van der Waals surface area contributed by atoms with E-state index in [0.29, 0.717) is 18.6 Å². The number of aliphatic hydroxyl groups is 1. The third-order valence-electron chi connectivity index (χ3n) is 2.17. The predicted octanol–water partition coefficient (Wildman–Crippen LogP) is 0.613. The van der Waals surface area contributed by atoms with Gasteiger partial charge >= 0.3 is 0 Å². The molecule has 2 nitrogen and oxygen atoms in total. The number of nitrogens with one attached hydrogen (secondary N) is 1. The summed E-state index contributed by atoms with van der Waals surface area (Å²) in [6.45, 7) is 5.79. The van der Waals surface area contributed by atoms with Crippen molar-refractivity contribution < 1.29 is 5.11 Å². The Balaban J connectivity index is 2.16. The van der Waals surface area contributed by atoms with E-state index in [1.54, 1.807) is 0 Å². The van der Waals surface area contributed by atoms with Gasteiger partial charge in [-0.3, -0.25) is 0 Å². The molecule has 0 aromatic rings. The van der Waals surface area contributed by atoms with E-state index < -0.39 is 0 Å². The lowest BCUT2D eigenvalue weighted by atomic mass is 9.86. The fourth-order valence-corrected chi connectivity index (χ4v) is 1.43. The first-order chi connectivity index (χ1) is 4.74. The maximum absolute atomic E-state index is 8.83. The van der Waals surface area contributed by atoms with Gasteiger partial charge in [0.1, 0.15) is 0 Å². The summed E-state index contributed by atoms with van der Waals surface area (Å²) < 4.78 is 0. The molecular weight excluding hydrogens is 126 g/mol. The summed E-state index contributed by atoms with van der Waals surface area (Å²) in [6, 6.07) is 0.588. The molecule has 0 spiro atoms. The van der Waals surface area contributed by atoms with Gasteiger partial charge in [0.25, 0.3) is 0 Å². The zero-order chi connectivity index (χ0) is 7.56. The molecule has 10 heavy (non-hydrogen) atoms. The molecule has 1 rings (SSSR count). The highest BCUT2D eigenvalue weighted by Gasteiger charge is 2.29. The summed E-state index contributed by atoms with van der Waals surface area (Å²) in [5, 5.41) is 12.1. The van der Waals surface area contributed by atoms with Crippen molar-refractivity contribution in [2.75, 3.05) is 13.2 Å². The van der Waals surface area contributed by atoms with Crippen LogP contribution < -0.4 is 5.32 Å². The van der Waals surface area contributed by atoms with Gasteiger partial charge in [-0.25, -0.2) is 0 Å². The Morgan fingerprint density at radius 2 is 2.30 bits per heavy atom. The molecule has 0 bridgehead atoms. The van der Waals surface area contributed by atoms with Crippen LogP contribution in [0, 0.1) is 11.8 Å². The Labute approximate surface area is 62.6 Å². The van der Waals surface area contributed by atoms with Crippen molar-refractivity contribution in [3.8, 4) is 0 Å². The van der Waals surface area contributed by atoms with Crippen molar-refractivity contribution in [3.05, 3.63) is 0 Å². The topological polar surface area (TPSA) is 32.3 Å². The van der Waals surface area contributed by atoms with Gasteiger partial charge in [-0.1, -0.05) is 13.8 Å². The third kappa shape index (κ3) is 1.70. The average Bonchev–Trinajstić information content (AvgIpc) is 1.82. The van der Waals surface area contributed by atoms with Crippen LogP contribution in [0.1, 0.15) is 20.3 Å². The zero-order valence-corrected chi connectivity index (χ0v) is 6.80. The lowest BCUT2D eigenvalue weighted by Gasteiger charge is -2.38. The third-order valence-corrected chi connectivity index (χ3v) is 2.17. The second-order valence-corrected chi connectivity index (χ2v) is 3.59. The van der Waals surface area contributed by atoms with Gasteiger partial charge in [0, 0.05) is 25.1 Å². The van der Waals surface area contributed by atoms with Crippen molar-refractivity contribution in [2.45, 2.75) is 26.3 Å². The molecule has 60 valence electrons. The van der Waals surface area contributed by atoms with Crippen molar-refractivity contribution in [1.82, 2.24) is 5.32 Å². The van der Waals surface area contributed by atoms with Crippen molar-refractivity contribution in [2.24, 2.45) is 11.8 Å². The van der Waals surface area contributed by atoms with E-state index in [0.717, 1.165) is 12.5 Å². The molecule has 0 aromatic heterocycles. The second-order valence-electron chi connectivity index (χ2n) is 3.59. The van der Waals surface area contributed by atoms with Gasteiger partial charge < -0.3 is 10.4 Å². The molecule has 1 fully saturated rings. The first kappa shape index (κ1) is 8.02. The summed E-state index contributed by atoms with van der Waals surface area (Å²) in [4.78, 5) is 0. The van der Waals surface area contributed by atoms with E-state index in [-0.39, 0.29) is 0 Å². The largest absolute Gasteiger partial charge is 0.396 e. The molecule has 1 aliphatic rings. The molecule has 2 N–H and O–H groups in total. The van der Waals surface area contributed by atoms with Crippen LogP contribution in [0.15, 0.2) is 0 Å². The molecule has 2 atom stereocenters. The van der Waals surface area contributed by atoms with Crippen LogP contribution in [0.25, 0.3) is 0 Å². The summed E-state index contributed by atoms with van der Waals surface area (Å²) in [5.41, 5.74) is 0. The van der Waals surface area contributed by atoms with Gasteiger partial charge in [-0.2, -0.15) is 0 Å². The molecular formula is C8H17NO. The minimum Gasteiger partial charge on any atom is -0.396 e. The number of hydrogen-bond donors (Lipinski definition) is 2. The number of rotatable bonds is 3. The van der Waals surface area contributed by atoms with Gasteiger partial charge in [0.2, 0.25) is 0 Å². The minimum atomic E-state index is 0.352. The van der Waals surface area contributed by atoms with Crippen LogP contribution >= 0.6 is 0 Å². The first-order valence-electron chi connectivity index (χ1n) is 4.08. The van der Waals surface area contributed by atoms with Gasteiger partial charge in [0.05, 0.1) is 0 Å². The monoisotopic (exact) mass is 143 g/mol. The molecule has 1 saturated heterocycles. The van der Waals surface area contributed by atoms with Crippen LogP contribution in [0.5, 0.6) is 0 Å². The lowest BCUT2D eigenvalue weighted by molar-refractivity contribution is 0.115. The quantitative estimate of drug-likeness (QED) is 0.607. The van der Waals surface area contributed by atoms with Gasteiger partial charge in [-0.15, -0.1) is 0 Å². The predicted molar refractivity (Wildman–Crippen MR) is 41.8 cm³/mol. The smallest absolute Gasteiger partial charge is 0.0486 e. The Morgan fingerprint density at radius 3 is 2.60 bits per heavy atom. The summed E-state index contributed by atoms with van der Waals surface area (Å²) in [5.74, 6) is 1.27. The molecule has 0 aromatic carbocycles. The molecule has 1 aliphatic heterocycles. The number of aliphatic hydroxyl groups excluding tert-OH is 1. The Hall–Kier alpha value is -0.0800. The van der Waals surface area contributed by atoms with Gasteiger partial charge in [-0.05, 0) is 12.3 Å². The zero-order valence-electron chi connectivity index (χ0n) is 6.80. The van der Waals surface area contributed by atoms with Crippen molar-refractivity contribution in [1.29, 1.82) is 0 Å². The molecule has 0 aliphatic carbocycles. The SMILES string of the molecule is CC(C)CC1NCC1CO. The highest BCUT2D eigenvalue weighted by molar-refractivity contribution is 4.87. The Bertz CT molecular complexity index is 101. The second kappa shape index (κ2) is 3.35. The van der Waals surface area contributed by atoms with Crippen LogP contribution in [-0.2, 0) is 0 Å². The van der Waals surface area contributed by atoms with Crippen molar-refractivity contribution >= 4 is 0 Å². The molecule has 2 unspecified atom stereocenters. The maximum Gasteiger partial charge on any atom is 0.0486 e. The lowest BCUT2D eigenvalue weighted by Crippen LogP contribution is -2.54. The Morgan fingerprint density at radius 1 is 1.60 bits per heavy atom. The molecule has 0 amide bonds. The fraction of sp³-hybridized carbons (Fsp3) is 1.00. The van der Waals surface area contributed by atoms with E-state index in [1.165, 1.54) is 6.42 Å². The molecule has 0 saturated carbocycles. The highest BCUT2D eigenvalue weighted by atomic mass is 16.3. The normalized spacial score (nSPS) is 32.4. The van der Waals surface area contributed by atoms with Crippen LogP contribution in [-0.4, -0.2) is 24.3 Å². The fourth-order valence-electron chi connectivity index (χ4n) is 1.43. The van der Waals surface area contributed by atoms with Crippen LogP contribution in [0.2, 0.25) is 0 Å². The average molecular weight is 143 g/mol. The van der Waals surface area contributed by atoms with E-state index >= 15 is 0 Å². The molecule has 1 heterocycles. The van der Waals surface area contributed by atoms with Gasteiger partial charge in [0.15, 0.2) is 0 Å². The maximum atomic E-state index is 8.83. The summed E-state index contributed by atoms with van der Waals surface area (Å²) in [6.07, 6.45) is 1.20. The Kier molecular flexibility index (Phi) is 2.69. The summed E-state index contributed by atoms with van der Waals surface area (Å²) >= 11 is 0. The standard InChI is InChI=1S/C8H17NO/c1-6(2)3-8-7(5-10)4-9-8/h6-10H,3-5H2,1-2H3. The van der Waals surface area contributed by atoms with Crippen LogP contribution in [0.3, 0.4) is 0 Å². The van der Waals surface area contributed by atoms with E-state index in [9.17, 15) is 0 Å². The van der Waals surface area contributed by atoms with Crippen molar-refractivity contribution in [3.63, 3.8) is 0 Å². The first-order valence-corrected chi connectivity index (χ1v) is 4.08. The van der Waals surface area contributed by atoms with E-state index in [1.807, 2.05) is 0 Å². The summed E-state index contributed by atoms with van der Waals surface area (Å²) in [7, 11) is 0. The van der Waals surface area contributed by atoms with E-state index in [4.69, 9.17) is 5.11 Å². The molecule has 2 heteroatoms. The molecule has 0 radical (unpaired) electrons. The minimum absolute atomic E-state index is 0.352. The van der Waals surface area contributed by atoms with E-state index in [2.05, 4.69) is 19.2 Å². The number of hydrogen-bond acceptors (Lipinski definition) is 2.